The maximum Gasteiger partial charge on any atom is 0.120 e. The van der Waals surface area contributed by atoms with Crippen molar-refractivity contribution in [1.82, 2.24) is 9.55 Å². The molecule has 0 aliphatic heterocycles. The molecule has 3 nitrogen and oxygen atoms in total. The van der Waals surface area contributed by atoms with E-state index in [1.54, 1.807) is 0 Å². The molecule has 0 radical (unpaired) electrons. The normalized spacial score (nSPS) is 9.73. The number of nitrogens with zero attached hydrogens (tertiary/aromatic N) is 2. The van der Waals surface area contributed by atoms with Crippen molar-refractivity contribution in [3.8, 4) is 11.8 Å². The Balaban J connectivity index is 2.29. The summed E-state index contributed by atoms with van der Waals surface area (Å²) in [6, 6.07) is 0. The van der Waals surface area contributed by atoms with Gasteiger partial charge in [0, 0.05) is 25.4 Å². The van der Waals surface area contributed by atoms with E-state index < -0.39 is 0 Å². The Morgan fingerprint density at radius 1 is 1.40 bits per heavy atom. The Morgan fingerprint density at radius 3 is 3.00 bits per heavy atom. The highest BCUT2D eigenvalue weighted by Gasteiger charge is 1.96. The average Bonchev–Trinajstić information content (AvgIpc) is 2.70. The van der Waals surface area contributed by atoms with Gasteiger partial charge < -0.3 is 10.3 Å². The number of hydrogen-bond acceptors (Lipinski definition) is 2. The van der Waals surface area contributed by atoms with Crippen molar-refractivity contribution in [2.75, 3.05) is 6.54 Å². The van der Waals surface area contributed by atoms with Crippen LogP contribution in [-0.2, 0) is 13.0 Å². The number of rotatable bonds is 5. The summed E-state index contributed by atoms with van der Waals surface area (Å²) in [7, 11) is 0. The quantitative estimate of drug-likeness (QED) is 0.586. The number of imidazole rings is 1. The van der Waals surface area contributed by atoms with Gasteiger partial charge in [0.2, 0.25) is 0 Å². The minimum atomic E-state index is 0.753. The van der Waals surface area contributed by atoms with E-state index in [4.69, 9.17) is 5.73 Å². The highest BCUT2D eigenvalue weighted by atomic mass is 15.0. The fourth-order valence-electron chi connectivity index (χ4n) is 1.38. The van der Waals surface area contributed by atoms with Gasteiger partial charge in [-0.05, 0) is 26.3 Å². The van der Waals surface area contributed by atoms with Crippen molar-refractivity contribution in [3.05, 3.63) is 18.2 Å². The Labute approximate surface area is 91.7 Å². The molecule has 0 aliphatic rings. The van der Waals surface area contributed by atoms with Crippen LogP contribution in [0, 0.1) is 11.8 Å². The molecule has 1 heterocycles. The second kappa shape index (κ2) is 7.08. The molecule has 0 saturated carbocycles. The van der Waals surface area contributed by atoms with Gasteiger partial charge in [-0.2, -0.15) is 0 Å². The molecule has 0 atom stereocenters. The summed E-state index contributed by atoms with van der Waals surface area (Å²) in [5.41, 5.74) is 5.40. The average molecular weight is 205 g/mol. The Morgan fingerprint density at radius 2 is 2.27 bits per heavy atom. The molecule has 3 heteroatoms. The van der Waals surface area contributed by atoms with Crippen LogP contribution < -0.4 is 5.73 Å². The molecular weight excluding hydrogens is 186 g/mol. The van der Waals surface area contributed by atoms with Crippen LogP contribution in [0.5, 0.6) is 0 Å². The van der Waals surface area contributed by atoms with Crippen LogP contribution >= 0.6 is 0 Å². The molecule has 0 spiro atoms. The van der Waals surface area contributed by atoms with Gasteiger partial charge in [-0.25, -0.2) is 4.98 Å². The van der Waals surface area contributed by atoms with E-state index in [-0.39, 0.29) is 0 Å². The molecule has 0 amide bonds. The standard InChI is InChI=1S/C12H19N3/c1-2-15-11-10-14-12(15)8-6-4-3-5-7-9-13/h10-11H,2-3,5,7-9,13H2,1H3. The van der Waals surface area contributed by atoms with Gasteiger partial charge in [-0.3, -0.25) is 0 Å². The van der Waals surface area contributed by atoms with Crippen LogP contribution in [0.25, 0.3) is 0 Å². The maximum atomic E-state index is 5.40. The maximum absolute atomic E-state index is 5.40. The topological polar surface area (TPSA) is 43.8 Å². The van der Waals surface area contributed by atoms with Gasteiger partial charge >= 0.3 is 0 Å². The van der Waals surface area contributed by atoms with E-state index in [9.17, 15) is 0 Å². The zero-order valence-corrected chi connectivity index (χ0v) is 9.37. The van der Waals surface area contributed by atoms with Crippen LogP contribution in [0.4, 0.5) is 0 Å². The largest absolute Gasteiger partial charge is 0.334 e. The van der Waals surface area contributed by atoms with Crippen LogP contribution in [0.1, 0.15) is 32.0 Å². The highest BCUT2D eigenvalue weighted by Crippen LogP contribution is 1.98. The first-order valence-corrected chi connectivity index (χ1v) is 5.54. The highest BCUT2D eigenvalue weighted by molar-refractivity contribution is 5.08. The molecule has 0 fully saturated rings. The lowest BCUT2D eigenvalue weighted by Gasteiger charge is -1.99. The van der Waals surface area contributed by atoms with Gasteiger partial charge in [-0.15, -0.1) is 5.92 Å². The fourth-order valence-corrected chi connectivity index (χ4v) is 1.38. The number of unbranched alkanes of at least 4 members (excludes halogenated alkanes) is 2. The molecule has 15 heavy (non-hydrogen) atoms. The van der Waals surface area contributed by atoms with Gasteiger partial charge in [0.25, 0.3) is 0 Å². The molecule has 0 aliphatic carbocycles. The summed E-state index contributed by atoms with van der Waals surface area (Å²) < 4.78 is 2.12. The predicted octanol–water partition coefficient (Wildman–Crippen LogP) is 1.58. The summed E-state index contributed by atoms with van der Waals surface area (Å²) in [6.45, 7) is 3.84. The zero-order chi connectivity index (χ0) is 10.9. The van der Waals surface area contributed by atoms with E-state index in [0.29, 0.717) is 0 Å². The lowest BCUT2D eigenvalue weighted by molar-refractivity contribution is 0.718. The molecule has 0 bridgehead atoms. The van der Waals surface area contributed by atoms with Gasteiger partial charge in [-0.1, -0.05) is 5.92 Å². The fraction of sp³-hybridized carbons (Fsp3) is 0.583. The summed E-state index contributed by atoms with van der Waals surface area (Å²) in [5.74, 6) is 7.36. The first kappa shape index (κ1) is 11.8. The summed E-state index contributed by atoms with van der Waals surface area (Å²) >= 11 is 0. The Kier molecular flexibility index (Phi) is 5.57. The monoisotopic (exact) mass is 205 g/mol. The second-order valence-electron chi connectivity index (χ2n) is 3.41. The summed E-state index contributed by atoms with van der Waals surface area (Å²) in [4.78, 5) is 4.26. The lowest BCUT2D eigenvalue weighted by Crippen LogP contribution is -1.99. The van der Waals surface area contributed by atoms with E-state index in [1.807, 2.05) is 12.4 Å². The molecule has 1 aromatic heterocycles. The molecule has 0 saturated heterocycles. The molecule has 2 N–H and O–H groups in total. The van der Waals surface area contributed by atoms with Crippen LogP contribution in [-0.4, -0.2) is 16.1 Å². The Hall–Kier alpha value is -1.27. The first-order valence-electron chi connectivity index (χ1n) is 5.54. The molecule has 1 aromatic rings. The van der Waals surface area contributed by atoms with E-state index in [1.165, 1.54) is 0 Å². The minimum absolute atomic E-state index is 0.753. The van der Waals surface area contributed by atoms with Gasteiger partial charge in [0.1, 0.15) is 5.82 Å². The number of hydrogen-bond donors (Lipinski definition) is 1. The van der Waals surface area contributed by atoms with Crippen molar-refractivity contribution in [2.45, 2.75) is 39.2 Å². The molecule has 1 rings (SSSR count). The lowest BCUT2D eigenvalue weighted by atomic mass is 10.2. The minimum Gasteiger partial charge on any atom is -0.334 e. The second-order valence-corrected chi connectivity index (χ2v) is 3.41. The predicted molar refractivity (Wildman–Crippen MR) is 62.3 cm³/mol. The van der Waals surface area contributed by atoms with Crippen molar-refractivity contribution in [3.63, 3.8) is 0 Å². The smallest absolute Gasteiger partial charge is 0.120 e. The van der Waals surface area contributed by atoms with Gasteiger partial charge in [0.15, 0.2) is 0 Å². The number of aromatic nitrogens is 2. The van der Waals surface area contributed by atoms with E-state index >= 15 is 0 Å². The van der Waals surface area contributed by atoms with E-state index in [2.05, 4.69) is 28.3 Å². The van der Waals surface area contributed by atoms with Crippen LogP contribution in [0.15, 0.2) is 12.4 Å². The third-order valence-corrected chi connectivity index (χ3v) is 2.27. The molecule has 82 valence electrons. The summed E-state index contributed by atoms with van der Waals surface area (Å²) in [5, 5.41) is 0. The Bertz CT molecular complexity index is 330. The molecular formula is C12H19N3. The zero-order valence-electron chi connectivity index (χ0n) is 9.37. The molecule has 0 unspecified atom stereocenters. The van der Waals surface area contributed by atoms with Crippen molar-refractivity contribution in [2.24, 2.45) is 5.73 Å². The molecule has 0 aromatic carbocycles. The van der Waals surface area contributed by atoms with Crippen molar-refractivity contribution >= 4 is 0 Å². The van der Waals surface area contributed by atoms with Crippen LogP contribution in [0.3, 0.4) is 0 Å². The van der Waals surface area contributed by atoms with E-state index in [0.717, 1.165) is 44.6 Å². The van der Waals surface area contributed by atoms with Crippen molar-refractivity contribution in [1.29, 1.82) is 0 Å². The number of aryl methyl sites for hydroxylation is 1. The SMILES string of the molecule is CCn1ccnc1CC#CCCCCN. The summed E-state index contributed by atoms with van der Waals surface area (Å²) in [6.07, 6.45) is 7.69. The third kappa shape index (κ3) is 4.18. The first-order chi connectivity index (χ1) is 7.38. The number of nitrogens with two attached hydrogens (primary N) is 1. The van der Waals surface area contributed by atoms with Crippen molar-refractivity contribution < 1.29 is 0 Å². The van der Waals surface area contributed by atoms with Crippen LogP contribution in [0.2, 0.25) is 0 Å². The third-order valence-electron chi connectivity index (χ3n) is 2.27. The van der Waals surface area contributed by atoms with Gasteiger partial charge in [0.05, 0.1) is 6.42 Å².